The third-order valence-electron chi connectivity index (χ3n) is 2.32. The van der Waals surface area contributed by atoms with Crippen LogP contribution in [0.4, 0.5) is 5.69 Å². The highest BCUT2D eigenvalue weighted by Crippen LogP contribution is 2.23. The highest BCUT2D eigenvalue weighted by Gasteiger charge is 2.06. The number of pyridine rings is 1. The van der Waals surface area contributed by atoms with Crippen LogP contribution in [0.3, 0.4) is 0 Å². The van der Waals surface area contributed by atoms with Gasteiger partial charge in [-0.15, -0.1) is 0 Å². The average Bonchev–Trinajstić information content (AvgIpc) is 2.42. The first-order valence-electron chi connectivity index (χ1n) is 5.39. The number of halogens is 1. The van der Waals surface area contributed by atoms with Gasteiger partial charge in [0.1, 0.15) is 0 Å². The maximum absolute atomic E-state index is 10.8. The number of rotatable bonds is 4. The van der Waals surface area contributed by atoms with E-state index in [4.69, 9.17) is 16.7 Å². The van der Waals surface area contributed by atoms with E-state index >= 15 is 0 Å². The highest BCUT2D eigenvalue weighted by atomic mass is 35.5. The Morgan fingerprint density at radius 2 is 2.05 bits per heavy atom. The molecule has 1 aromatic heterocycles. The van der Waals surface area contributed by atoms with Crippen molar-refractivity contribution in [3.63, 3.8) is 0 Å². The standard InChI is InChI=1S/C13H10ClN3O2/c14-11-2-1-10(13(18)19)7-12(11)17-16-8-9-3-5-15-6-4-9/h1-8,17H,(H,18,19)/b16-8-. The summed E-state index contributed by atoms with van der Waals surface area (Å²) in [7, 11) is 0. The lowest BCUT2D eigenvalue weighted by molar-refractivity contribution is 0.0697. The summed E-state index contributed by atoms with van der Waals surface area (Å²) in [5.41, 5.74) is 4.16. The number of carbonyl (C=O) groups is 1. The van der Waals surface area contributed by atoms with Crippen LogP contribution in [0.1, 0.15) is 15.9 Å². The van der Waals surface area contributed by atoms with E-state index in [0.717, 1.165) is 5.56 Å². The molecule has 0 amide bonds. The van der Waals surface area contributed by atoms with Crippen LogP contribution < -0.4 is 5.43 Å². The van der Waals surface area contributed by atoms with Gasteiger partial charge in [0.15, 0.2) is 0 Å². The van der Waals surface area contributed by atoms with Gasteiger partial charge in [0.25, 0.3) is 0 Å². The Hall–Kier alpha value is -2.40. The zero-order valence-corrected chi connectivity index (χ0v) is 10.5. The summed E-state index contributed by atoms with van der Waals surface area (Å²) >= 11 is 5.94. The van der Waals surface area contributed by atoms with Gasteiger partial charge in [-0.2, -0.15) is 5.10 Å². The molecule has 0 atom stereocenters. The van der Waals surface area contributed by atoms with Crippen LogP contribution in [0.25, 0.3) is 0 Å². The summed E-state index contributed by atoms with van der Waals surface area (Å²) in [4.78, 5) is 14.7. The predicted octanol–water partition coefficient (Wildman–Crippen LogP) is 2.88. The molecule has 0 fully saturated rings. The molecule has 0 aliphatic carbocycles. The number of hydrazone groups is 1. The Morgan fingerprint density at radius 3 is 2.74 bits per heavy atom. The van der Waals surface area contributed by atoms with Gasteiger partial charge < -0.3 is 5.11 Å². The van der Waals surface area contributed by atoms with Gasteiger partial charge in [0, 0.05) is 12.4 Å². The molecule has 2 aromatic rings. The van der Waals surface area contributed by atoms with Crippen LogP contribution in [-0.4, -0.2) is 22.3 Å². The zero-order valence-electron chi connectivity index (χ0n) is 9.75. The van der Waals surface area contributed by atoms with Crippen molar-refractivity contribution in [2.75, 3.05) is 5.43 Å². The summed E-state index contributed by atoms with van der Waals surface area (Å²) in [6.07, 6.45) is 4.89. The van der Waals surface area contributed by atoms with Gasteiger partial charge in [-0.3, -0.25) is 10.4 Å². The molecule has 0 saturated heterocycles. The maximum atomic E-state index is 10.8. The van der Waals surface area contributed by atoms with Crippen LogP contribution in [0, 0.1) is 0 Å². The first-order valence-corrected chi connectivity index (χ1v) is 5.76. The number of carboxylic acid groups (broad SMARTS) is 1. The molecule has 1 heterocycles. The van der Waals surface area contributed by atoms with Crippen LogP contribution >= 0.6 is 11.6 Å². The molecule has 1 aromatic carbocycles. The molecule has 0 radical (unpaired) electrons. The number of aromatic nitrogens is 1. The smallest absolute Gasteiger partial charge is 0.335 e. The van der Waals surface area contributed by atoms with Gasteiger partial charge in [-0.1, -0.05) is 11.6 Å². The highest BCUT2D eigenvalue weighted by molar-refractivity contribution is 6.33. The molecule has 2 rings (SSSR count). The molecule has 0 aliphatic heterocycles. The molecule has 5 nitrogen and oxygen atoms in total. The van der Waals surface area contributed by atoms with Crippen molar-refractivity contribution < 1.29 is 9.90 Å². The minimum Gasteiger partial charge on any atom is -0.478 e. The normalized spacial score (nSPS) is 10.6. The van der Waals surface area contributed by atoms with E-state index in [1.165, 1.54) is 18.2 Å². The van der Waals surface area contributed by atoms with Gasteiger partial charge in [-0.05, 0) is 35.9 Å². The van der Waals surface area contributed by atoms with Gasteiger partial charge in [-0.25, -0.2) is 4.79 Å². The number of hydrogen-bond acceptors (Lipinski definition) is 4. The third kappa shape index (κ3) is 3.53. The molecular formula is C13H10ClN3O2. The molecule has 6 heteroatoms. The molecular weight excluding hydrogens is 266 g/mol. The van der Waals surface area contributed by atoms with Crippen LogP contribution in [0.5, 0.6) is 0 Å². The van der Waals surface area contributed by atoms with E-state index in [1.807, 2.05) is 0 Å². The van der Waals surface area contributed by atoms with Gasteiger partial charge in [0.05, 0.1) is 22.5 Å². The maximum Gasteiger partial charge on any atom is 0.335 e. The second-order valence-corrected chi connectivity index (χ2v) is 4.06. The molecule has 0 saturated carbocycles. The second kappa shape index (κ2) is 5.97. The fourth-order valence-electron chi connectivity index (χ4n) is 1.37. The van der Waals surface area contributed by atoms with Crippen molar-refractivity contribution in [1.29, 1.82) is 0 Å². The zero-order chi connectivity index (χ0) is 13.7. The van der Waals surface area contributed by atoms with Crippen LogP contribution in [0.2, 0.25) is 5.02 Å². The number of anilines is 1. The van der Waals surface area contributed by atoms with Gasteiger partial charge >= 0.3 is 5.97 Å². The fourth-order valence-corrected chi connectivity index (χ4v) is 1.53. The van der Waals surface area contributed by atoms with E-state index in [0.29, 0.717) is 10.7 Å². The van der Waals surface area contributed by atoms with Crippen molar-refractivity contribution in [2.24, 2.45) is 5.10 Å². The molecule has 96 valence electrons. The minimum absolute atomic E-state index is 0.144. The number of benzene rings is 1. The predicted molar refractivity (Wildman–Crippen MR) is 73.9 cm³/mol. The van der Waals surface area contributed by atoms with E-state index < -0.39 is 5.97 Å². The molecule has 0 spiro atoms. The molecule has 19 heavy (non-hydrogen) atoms. The minimum atomic E-state index is -1.02. The summed E-state index contributed by atoms with van der Waals surface area (Å²) in [6, 6.07) is 7.95. The Morgan fingerprint density at radius 1 is 1.32 bits per heavy atom. The van der Waals surface area contributed by atoms with Crippen LogP contribution in [0.15, 0.2) is 47.8 Å². The van der Waals surface area contributed by atoms with E-state index in [1.54, 1.807) is 30.7 Å². The van der Waals surface area contributed by atoms with Crippen molar-refractivity contribution in [3.8, 4) is 0 Å². The van der Waals surface area contributed by atoms with Gasteiger partial charge in [0.2, 0.25) is 0 Å². The second-order valence-electron chi connectivity index (χ2n) is 3.65. The van der Waals surface area contributed by atoms with Crippen LogP contribution in [-0.2, 0) is 0 Å². The van der Waals surface area contributed by atoms with E-state index in [2.05, 4.69) is 15.5 Å². The summed E-state index contributed by atoms with van der Waals surface area (Å²) in [5.74, 6) is -1.02. The monoisotopic (exact) mass is 275 g/mol. The first-order chi connectivity index (χ1) is 9.16. The first kappa shape index (κ1) is 13.0. The van der Waals surface area contributed by atoms with Crippen molar-refractivity contribution in [3.05, 3.63) is 58.9 Å². The number of nitrogens with zero attached hydrogens (tertiary/aromatic N) is 2. The molecule has 0 unspecified atom stereocenters. The fraction of sp³-hybridized carbons (Fsp3) is 0. The lowest BCUT2D eigenvalue weighted by Gasteiger charge is -2.04. The number of aromatic carboxylic acids is 1. The summed E-state index contributed by atoms with van der Waals surface area (Å²) < 4.78 is 0. The number of hydrogen-bond donors (Lipinski definition) is 2. The number of carboxylic acids is 1. The Balaban J connectivity index is 2.13. The van der Waals surface area contributed by atoms with E-state index in [9.17, 15) is 4.79 Å². The van der Waals surface area contributed by atoms with Crippen molar-refractivity contribution in [1.82, 2.24) is 4.98 Å². The third-order valence-corrected chi connectivity index (χ3v) is 2.65. The number of nitrogens with one attached hydrogen (secondary N) is 1. The summed E-state index contributed by atoms with van der Waals surface area (Å²) in [5, 5.41) is 13.3. The quantitative estimate of drug-likeness (QED) is 0.665. The topological polar surface area (TPSA) is 74.6 Å². The Bertz CT molecular complexity index is 615. The molecule has 0 aliphatic rings. The molecule has 0 bridgehead atoms. The van der Waals surface area contributed by atoms with Crippen molar-refractivity contribution in [2.45, 2.75) is 0 Å². The molecule has 2 N–H and O–H groups in total. The lowest BCUT2D eigenvalue weighted by Crippen LogP contribution is -1.98. The SMILES string of the molecule is O=C(O)c1ccc(Cl)c(N/N=C\c2ccncc2)c1. The Kier molecular flexibility index (Phi) is 4.10. The average molecular weight is 276 g/mol. The van der Waals surface area contributed by atoms with Crippen molar-refractivity contribution >= 4 is 29.5 Å². The lowest BCUT2D eigenvalue weighted by atomic mass is 10.2. The largest absolute Gasteiger partial charge is 0.478 e. The summed E-state index contributed by atoms with van der Waals surface area (Å²) in [6.45, 7) is 0. The van der Waals surface area contributed by atoms with E-state index in [-0.39, 0.29) is 5.56 Å². The Labute approximate surface area is 114 Å².